The molecule has 0 N–H and O–H groups in total. The van der Waals surface area contributed by atoms with Crippen molar-refractivity contribution < 1.29 is 17.9 Å². The number of carbonyl (C=O) groups is 1. The lowest BCUT2D eigenvalue weighted by Crippen LogP contribution is -2.42. The van der Waals surface area contributed by atoms with E-state index in [-0.39, 0.29) is 10.6 Å². The summed E-state index contributed by atoms with van der Waals surface area (Å²) in [4.78, 5) is 15.3. The second-order valence-corrected chi connectivity index (χ2v) is 5.46. The molecule has 1 aromatic heterocycles. The molecule has 1 aliphatic rings. The molecule has 1 aromatic rings. The number of rotatable bonds is 3. The molecular weight excluding hydrogens is 244 g/mol. The smallest absolute Gasteiger partial charge is 0.340 e. The van der Waals surface area contributed by atoms with E-state index < -0.39 is 16.0 Å². The average molecular weight is 256 g/mol. The molecular formula is C10H12N2O4S. The Labute approximate surface area is 99.3 Å². The number of nitrogens with zero attached hydrogens (tertiary/aromatic N) is 2. The van der Waals surface area contributed by atoms with Crippen LogP contribution in [-0.4, -0.2) is 43.9 Å². The van der Waals surface area contributed by atoms with Gasteiger partial charge >= 0.3 is 5.97 Å². The number of methoxy groups -OCH3 is 1. The maximum absolute atomic E-state index is 12.1. The lowest BCUT2D eigenvalue weighted by atomic mass is 10.3. The van der Waals surface area contributed by atoms with Crippen molar-refractivity contribution in [2.24, 2.45) is 0 Å². The maximum Gasteiger partial charge on any atom is 0.340 e. The molecule has 0 saturated carbocycles. The van der Waals surface area contributed by atoms with Gasteiger partial charge in [0.2, 0.25) is 0 Å². The Morgan fingerprint density at radius 1 is 1.47 bits per heavy atom. The van der Waals surface area contributed by atoms with E-state index in [1.165, 1.54) is 29.7 Å². The minimum atomic E-state index is -3.67. The minimum Gasteiger partial charge on any atom is -0.465 e. The Morgan fingerprint density at radius 3 is 2.71 bits per heavy atom. The summed E-state index contributed by atoms with van der Waals surface area (Å²) in [5.41, 5.74) is -0.0260. The highest BCUT2D eigenvalue weighted by molar-refractivity contribution is 7.89. The maximum atomic E-state index is 12.1. The third-order valence-corrected chi connectivity index (χ3v) is 4.43. The monoisotopic (exact) mass is 256 g/mol. The predicted octanol–water partition coefficient (Wildman–Crippen LogP) is 0.263. The van der Waals surface area contributed by atoms with Crippen LogP contribution in [0.25, 0.3) is 0 Å². The van der Waals surface area contributed by atoms with E-state index in [4.69, 9.17) is 0 Å². The Morgan fingerprint density at radius 2 is 2.18 bits per heavy atom. The largest absolute Gasteiger partial charge is 0.465 e. The van der Waals surface area contributed by atoms with Crippen LogP contribution in [0.4, 0.5) is 0 Å². The Bertz CT molecular complexity index is 537. The minimum absolute atomic E-state index is 0.0260. The topological polar surface area (TPSA) is 76.6 Å². The van der Waals surface area contributed by atoms with Crippen LogP contribution in [0.1, 0.15) is 16.8 Å². The lowest BCUT2D eigenvalue weighted by Gasteiger charge is -2.29. The van der Waals surface area contributed by atoms with Crippen molar-refractivity contribution in [2.75, 3.05) is 20.2 Å². The molecule has 0 aliphatic carbocycles. The van der Waals surface area contributed by atoms with Crippen LogP contribution in [0.2, 0.25) is 0 Å². The zero-order valence-electron chi connectivity index (χ0n) is 9.29. The van der Waals surface area contributed by atoms with E-state index in [0.717, 1.165) is 6.42 Å². The molecule has 0 bridgehead atoms. The molecule has 0 spiro atoms. The van der Waals surface area contributed by atoms with Gasteiger partial charge in [-0.2, -0.15) is 4.31 Å². The summed E-state index contributed by atoms with van der Waals surface area (Å²) in [5, 5.41) is -0.230. The van der Waals surface area contributed by atoms with Crippen LogP contribution in [0.15, 0.2) is 23.4 Å². The van der Waals surface area contributed by atoms with Crippen LogP contribution >= 0.6 is 0 Å². The summed E-state index contributed by atoms with van der Waals surface area (Å²) in [5.74, 6) is -0.697. The molecule has 1 aliphatic heterocycles. The third kappa shape index (κ3) is 2.03. The molecule has 6 nitrogen and oxygen atoms in total. The van der Waals surface area contributed by atoms with Gasteiger partial charge in [0.25, 0.3) is 10.0 Å². The molecule has 0 amide bonds. The summed E-state index contributed by atoms with van der Waals surface area (Å²) in [6.45, 7) is 0.943. The lowest BCUT2D eigenvalue weighted by molar-refractivity contribution is 0.0595. The van der Waals surface area contributed by atoms with Gasteiger partial charge in [0, 0.05) is 19.3 Å². The van der Waals surface area contributed by atoms with E-state index in [9.17, 15) is 13.2 Å². The fraction of sp³-hybridized carbons (Fsp3) is 0.400. The van der Waals surface area contributed by atoms with Crippen molar-refractivity contribution in [1.29, 1.82) is 0 Å². The van der Waals surface area contributed by atoms with Crippen LogP contribution in [0, 0.1) is 0 Å². The van der Waals surface area contributed by atoms with E-state index in [0.29, 0.717) is 13.1 Å². The molecule has 0 unspecified atom stereocenters. The van der Waals surface area contributed by atoms with Gasteiger partial charge in [-0.15, -0.1) is 0 Å². The number of ether oxygens (including phenoxy) is 1. The van der Waals surface area contributed by atoms with Gasteiger partial charge in [-0.25, -0.2) is 18.2 Å². The zero-order chi connectivity index (χ0) is 12.5. The fourth-order valence-electron chi connectivity index (χ4n) is 1.51. The van der Waals surface area contributed by atoms with Gasteiger partial charge in [-0.05, 0) is 18.6 Å². The molecule has 1 saturated heterocycles. The first-order valence-corrected chi connectivity index (χ1v) is 6.55. The van der Waals surface area contributed by atoms with Crippen molar-refractivity contribution in [1.82, 2.24) is 9.29 Å². The van der Waals surface area contributed by atoms with Crippen LogP contribution in [-0.2, 0) is 14.8 Å². The van der Waals surface area contributed by atoms with Crippen molar-refractivity contribution >= 4 is 16.0 Å². The summed E-state index contributed by atoms with van der Waals surface area (Å²) in [6, 6.07) is 2.90. The molecule has 7 heteroatoms. The summed E-state index contributed by atoms with van der Waals surface area (Å²) < 4.78 is 30.1. The normalized spacial score (nSPS) is 16.3. The molecule has 92 valence electrons. The van der Waals surface area contributed by atoms with Gasteiger partial charge in [-0.1, -0.05) is 0 Å². The molecule has 0 atom stereocenters. The van der Waals surface area contributed by atoms with Gasteiger partial charge in [0.1, 0.15) is 0 Å². The first-order valence-electron chi connectivity index (χ1n) is 5.11. The Hall–Kier alpha value is -1.47. The molecule has 2 heterocycles. The van der Waals surface area contributed by atoms with Crippen molar-refractivity contribution in [2.45, 2.75) is 11.4 Å². The van der Waals surface area contributed by atoms with Gasteiger partial charge < -0.3 is 4.74 Å². The van der Waals surface area contributed by atoms with E-state index >= 15 is 0 Å². The summed E-state index contributed by atoms with van der Waals surface area (Å²) >= 11 is 0. The van der Waals surface area contributed by atoms with E-state index in [1.807, 2.05) is 0 Å². The zero-order valence-corrected chi connectivity index (χ0v) is 10.1. The number of sulfonamides is 1. The molecule has 17 heavy (non-hydrogen) atoms. The number of pyridine rings is 1. The second-order valence-electron chi connectivity index (χ2n) is 3.61. The molecule has 0 radical (unpaired) electrons. The SMILES string of the molecule is COC(=O)c1cccnc1S(=O)(=O)N1CCC1. The molecule has 0 aromatic carbocycles. The third-order valence-electron chi connectivity index (χ3n) is 2.58. The second kappa shape index (κ2) is 4.42. The molecule has 1 fully saturated rings. The molecule has 2 rings (SSSR count). The van der Waals surface area contributed by atoms with Crippen molar-refractivity contribution in [3.63, 3.8) is 0 Å². The Balaban J connectivity index is 2.48. The van der Waals surface area contributed by atoms with Gasteiger partial charge in [0.05, 0.1) is 12.7 Å². The number of esters is 1. The highest BCUT2D eigenvalue weighted by Crippen LogP contribution is 2.22. The first-order chi connectivity index (χ1) is 8.07. The van der Waals surface area contributed by atoms with E-state index in [2.05, 4.69) is 9.72 Å². The van der Waals surface area contributed by atoms with Crippen molar-refractivity contribution in [3.05, 3.63) is 23.9 Å². The van der Waals surface area contributed by atoms with E-state index in [1.54, 1.807) is 0 Å². The van der Waals surface area contributed by atoms with Gasteiger partial charge in [0.15, 0.2) is 5.03 Å². The fourth-order valence-corrected chi connectivity index (χ4v) is 3.12. The number of hydrogen-bond acceptors (Lipinski definition) is 5. The number of carbonyl (C=O) groups excluding carboxylic acids is 1. The highest BCUT2D eigenvalue weighted by atomic mass is 32.2. The predicted molar refractivity (Wildman–Crippen MR) is 59.0 cm³/mol. The van der Waals surface area contributed by atoms with Crippen LogP contribution in [0.5, 0.6) is 0 Å². The Kier molecular flexibility index (Phi) is 3.12. The first kappa shape index (κ1) is 12.0. The van der Waals surface area contributed by atoms with Crippen LogP contribution < -0.4 is 0 Å². The number of aromatic nitrogens is 1. The summed E-state index contributed by atoms with van der Waals surface area (Å²) in [6.07, 6.45) is 2.18. The van der Waals surface area contributed by atoms with Gasteiger partial charge in [-0.3, -0.25) is 0 Å². The summed E-state index contributed by atoms with van der Waals surface area (Å²) in [7, 11) is -2.46. The van der Waals surface area contributed by atoms with Crippen LogP contribution in [0.3, 0.4) is 0 Å². The standard InChI is InChI=1S/C10H12N2O4S/c1-16-10(13)8-4-2-5-11-9(8)17(14,15)12-6-3-7-12/h2,4-5H,3,6-7H2,1H3. The quantitative estimate of drug-likeness (QED) is 0.725. The van der Waals surface area contributed by atoms with Crippen molar-refractivity contribution in [3.8, 4) is 0 Å². The number of hydrogen-bond donors (Lipinski definition) is 0. The highest BCUT2D eigenvalue weighted by Gasteiger charge is 2.33. The average Bonchev–Trinajstić information content (AvgIpc) is 2.25.